The highest BCUT2D eigenvalue weighted by Gasteiger charge is 2.26. The van der Waals surface area contributed by atoms with Crippen molar-refractivity contribution < 1.29 is 9.59 Å². The highest BCUT2D eigenvalue weighted by atomic mass is 35.5. The van der Waals surface area contributed by atoms with Crippen molar-refractivity contribution in [2.45, 2.75) is 51.6 Å². The summed E-state index contributed by atoms with van der Waals surface area (Å²) >= 11 is 13.8. The summed E-state index contributed by atoms with van der Waals surface area (Å²) in [6.45, 7) is 8.74. The van der Waals surface area contributed by atoms with Crippen LogP contribution in [0, 0.1) is 12.8 Å². The van der Waals surface area contributed by atoms with Crippen LogP contribution in [-0.2, 0) is 16.1 Å². The molecule has 1 atom stereocenters. The monoisotopic (exact) mass is 480 g/mol. The first-order valence-corrected chi connectivity index (χ1v) is 12.1. The van der Waals surface area contributed by atoms with Crippen LogP contribution in [0.2, 0.25) is 10.0 Å². The third kappa shape index (κ3) is 8.40. The number of aryl methyl sites for hydroxylation is 1. The van der Waals surface area contributed by atoms with Gasteiger partial charge in [0.15, 0.2) is 0 Å². The van der Waals surface area contributed by atoms with Crippen molar-refractivity contribution in [3.8, 4) is 0 Å². The van der Waals surface area contributed by atoms with Gasteiger partial charge in [-0.1, -0.05) is 60.8 Å². The first kappa shape index (κ1) is 25.6. The maximum atomic E-state index is 13.1. The Morgan fingerprint density at radius 3 is 2.32 bits per heavy atom. The largest absolute Gasteiger partial charge is 0.354 e. The molecule has 0 aromatic heterocycles. The minimum absolute atomic E-state index is 0.0714. The second-order valence-corrected chi connectivity index (χ2v) is 9.98. The van der Waals surface area contributed by atoms with Crippen molar-refractivity contribution in [1.29, 1.82) is 0 Å². The van der Waals surface area contributed by atoms with Crippen LogP contribution in [-0.4, -0.2) is 35.1 Å². The minimum Gasteiger partial charge on any atom is -0.354 e. The lowest BCUT2D eigenvalue weighted by Crippen LogP contribution is -2.48. The molecule has 2 aromatic rings. The van der Waals surface area contributed by atoms with Gasteiger partial charge in [0.05, 0.1) is 10.0 Å². The van der Waals surface area contributed by atoms with Crippen molar-refractivity contribution in [3.63, 3.8) is 0 Å². The van der Waals surface area contributed by atoms with Gasteiger partial charge in [0.2, 0.25) is 11.8 Å². The summed E-state index contributed by atoms with van der Waals surface area (Å²) in [5, 5.41) is 3.81. The Labute approximate surface area is 199 Å². The molecule has 0 bridgehead atoms. The van der Waals surface area contributed by atoms with Crippen LogP contribution in [0.4, 0.5) is 0 Å². The summed E-state index contributed by atoms with van der Waals surface area (Å²) in [6.07, 6.45) is 0.335. The van der Waals surface area contributed by atoms with E-state index in [9.17, 15) is 9.59 Å². The number of nitrogens with zero attached hydrogens (tertiary/aromatic N) is 1. The van der Waals surface area contributed by atoms with Crippen molar-refractivity contribution in [2.24, 2.45) is 5.92 Å². The van der Waals surface area contributed by atoms with Crippen LogP contribution < -0.4 is 5.32 Å². The number of halogens is 2. The summed E-state index contributed by atoms with van der Waals surface area (Å²) in [4.78, 5) is 28.5. The van der Waals surface area contributed by atoms with Crippen LogP contribution in [0.3, 0.4) is 0 Å². The van der Waals surface area contributed by atoms with Crippen LogP contribution >= 0.6 is 35.0 Å². The zero-order chi connectivity index (χ0) is 23.0. The molecule has 168 valence electrons. The highest BCUT2D eigenvalue weighted by Crippen LogP contribution is 2.24. The number of carbonyl (C=O) groups is 2. The van der Waals surface area contributed by atoms with Crippen LogP contribution in [0.5, 0.6) is 0 Å². The van der Waals surface area contributed by atoms with Crippen molar-refractivity contribution in [1.82, 2.24) is 10.2 Å². The lowest BCUT2D eigenvalue weighted by molar-refractivity contribution is -0.140. The SMILES string of the molecule is Cc1ccc(SCCC(=O)N(Cc2ccc(Cl)c(Cl)c2)C(C)C(=O)NCC(C)C)cc1. The predicted molar refractivity (Wildman–Crippen MR) is 131 cm³/mol. The summed E-state index contributed by atoms with van der Waals surface area (Å²) in [5.74, 6) is 0.743. The maximum absolute atomic E-state index is 13.1. The summed E-state index contributed by atoms with van der Waals surface area (Å²) < 4.78 is 0. The minimum atomic E-state index is -0.593. The lowest BCUT2D eigenvalue weighted by atomic mass is 10.1. The van der Waals surface area contributed by atoms with E-state index in [2.05, 4.69) is 29.6 Å². The van der Waals surface area contributed by atoms with E-state index in [0.29, 0.717) is 41.2 Å². The fourth-order valence-corrected chi connectivity index (χ4v) is 4.07. The van der Waals surface area contributed by atoms with Gasteiger partial charge in [-0.25, -0.2) is 0 Å². The highest BCUT2D eigenvalue weighted by molar-refractivity contribution is 7.99. The molecule has 1 N–H and O–H groups in total. The molecule has 0 heterocycles. The number of rotatable bonds is 10. The fraction of sp³-hybridized carbons (Fsp3) is 0.417. The number of amides is 2. The number of hydrogen-bond donors (Lipinski definition) is 1. The van der Waals surface area contributed by atoms with E-state index >= 15 is 0 Å². The van der Waals surface area contributed by atoms with E-state index in [1.54, 1.807) is 35.7 Å². The Morgan fingerprint density at radius 1 is 1.03 bits per heavy atom. The quantitative estimate of drug-likeness (QED) is 0.425. The molecule has 1 unspecified atom stereocenters. The third-order valence-electron chi connectivity index (χ3n) is 4.79. The normalized spacial score (nSPS) is 12.0. The Kier molecular flexibility index (Phi) is 10.2. The van der Waals surface area contributed by atoms with Gasteiger partial charge in [-0.15, -0.1) is 11.8 Å². The van der Waals surface area contributed by atoms with Gasteiger partial charge in [0, 0.05) is 30.2 Å². The molecule has 7 heteroatoms. The van der Waals surface area contributed by atoms with E-state index in [4.69, 9.17) is 23.2 Å². The maximum Gasteiger partial charge on any atom is 0.242 e. The number of hydrogen-bond acceptors (Lipinski definition) is 3. The van der Waals surface area contributed by atoms with Crippen molar-refractivity contribution in [2.75, 3.05) is 12.3 Å². The molecule has 2 aromatic carbocycles. The zero-order valence-corrected chi connectivity index (χ0v) is 20.8. The Morgan fingerprint density at radius 2 is 1.71 bits per heavy atom. The van der Waals surface area contributed by atoms with Gasteiger partial charge in [0.1, 0.15) is 6.04 Å². The second-order valence-electron chi connectivity index (χ2n) is 8.00. The number of carbonyl (C=O) groups excluding carboxylic acids is 2. The first-order chi connectivity index (χ1) is 14.7. The molecule has 31 heavy (non-hydrogen) atoms. The summed E-state index contributed by atoms with van der Waals surface area (Å²) in [5.41, 5.74) is 2.03. The molecule has 2 amide bonds. The van der Waals surface area contributed by atoms with Crippen LogP contribution in [0.15, 0.2) is 47.4 Å². The third-order valence-corrected chi connectivity index (χ3v) is 6.55. The predicted octanol–water partition coefficient (Wildman–Crippen LogP) is 5.97. The second kappa shape index (κ2) is 12.4. The van der Waals surface area contributed by atoms with Gasteiger partial charge < -0.3 is 10.2 Å². The standard InChI is InChI=1S/C24H30Cl2N2O2S/c1-16(2)14-27-24(30)18(4)28(15-19-7-10-21(25)22(26)13-19)23(29)11-12-31-20-8-5-17(3)6-9-20/h5-10,13,16,18H,11-12,14-15H2,1-4H3,(H,27,30). The van der Waals surface area contributed by atoms with E-state index < -0.39 is 6.04 Å². The van der Waals surface area contributed by atoms with E-state index in [1.807, 2.05) is 26.8 Å². The molecule has 0 saturated carbocycles. The summed E-state index contributed by atoms with van der Waals surface area (Å²) in [7, 11) is 0. The fourth-order valence-electron chi connectivity index (χ4n) is 2.90. The van der Waals surface area contributed by atoms with Crippen LogP contribution in [0.25, 0.3) is 0 Å². The molecule has 0 aliphatic heterocycles. The Balaban J connectivity index is 2.08. The molecular weight excluding hydrogens is 451 g/mol. The molecule has 0 aliphatic rings. The smallest absolute Gasteiger partial charge is 0.242 e. The van der Waals surface area contributed by atoms with Gasteiger partial charge in [-0.2, -0.15) is 0 Å². The Bertz CT molecular complexity index is 888. The first-order valence-electron chi connectivity index (χ1n) is 10.4. The summed E-state index contributed by atoms with van der Waals surface area (Å²) in [6, 6.07) is 12.9. The lowest BCUT2D eigenvalue weighted by Gasteiger charge is -2.29. The topological polar surface area (TPSA) is 49.4 Å². The number of thioether (sulfide) groups is 1. The molecular formula is C24H30Cl2N2O2S. The van der Waals surface area contributed by atoms with Gasteiger partial charge >= 0.3 is 0 Å². The molecule has 4 nitrogen and oxygen atoms in total. The molecule has 0 spiro atoms. The molecule has 0 fully saturated rings. The number of nitrogens with one attached hydrogen (secondary N) is 1. The zero-order valence-electron chi connectivity index (χ0n) is 18.5. The molecule has 0 radical (unpaired) electrons. The van der Waals surface area contributed by atoms with Crippen molar-refractivity contribution in [3.05, 3.63) is 63.6 Å². The van der Waals surface area contributed by atoms with Crippen molar-refractivity contribution >= 4 is 46.8 Å². The van der Waals surface area contributed by atoms with Gasteiger partial charge in [-0.3, -0.25) is 9.59 Å². The number of benzene rings is 2. The molecule has 0 saturated heterocycles. The Hall–Kier alpha value is -1.69. The van der Waals surface area contributed by atoms with E-state index in [1.165, 1.54) is 5.56 Å². The molecule has 0 aliphatic carbocycles. The van der Waals surface area contributed by atoms with E-state index in [0.717, 1.165) is 10.5 Å². The average Bonchev–Trinajstić information content (AvgIpc) is 2.73. The van der Waals surface area contributed by atoms with Crippen LogP contribution in [0.1, 0.15) is 38.3 Å². The molecule has 2 rings (SSSR count). The average molecular weight is 481 g/mol. The van der Waals surface area contributed by atoms with Gasteiger partial charge in [-0.05, 0) is 49.6 Å². The van der Waals surface area contributed by atoms with Gasteiger partial charge in [0.25, 0.3) is 0 Å². The van der Waals surface area contributed by atoms with E-state index in [-0.39, 0.29) is 11.8 Å².